The van der Waals surface area contributed by atoms with E-state index in [1.165, 1.54) is 18.7 Å². The Balaban J connectivity index is 2.36. The van der Waals surface area contributed by atoms with E-state index in [1.807, 2.05) is 0 Å². The van der Waals surface area contributed by atoms with Crippen molar-refractivity contribution in [3.8, 4) is 0 Å². The molecular formula is C9H11ClO4S. The maximum Gasteiger partial charge on any atom is 0.336 e. The number of thioether (sulfide) groups is 1. The molecule has 4 nitrogen and oxygen atoms in total. The van der Waals surface area contributed by atoms with Crippen molar-refractivity contribution in [2.45, 2.75) is 18.3 Å². The maximum atomic E-state index is 10.6. The zero-order chi connectivity index (χ0) is 11.5. The third-order valence-electron chi connectivity index (χ3n) is 1.72. The van der Waals surface area contributed by atoms with Crippen LogP contribution in [0.2, 0.25) is 5.22 Å². The molecule has 1 aromatic heterocycles. The molecule has 1 aromatic rings. The quantitative estimate of drug-likeness (QED) is 0.836. The Bertz CT molecular complexity index is 348. The molecule has 2 N–H and O–H groups in total. The van der Waals surface area contributed by atoms with Gasteiger partial charge in [0.15, 0.2) is 10.8 Å². The number of furan rings is 1. The van der Waals surface area contributed by atoms with Gasteiger partial charge in [-0.25, -0.2) is 4.79 Å². The van der Waals surface area contributed by atoms with Gasteiger partial charge in [0.05, 0.1) is 5.75 Å². The third kappa shape index (κ3) is 3.77. The molecule has 0 aliphatic rings. The Morgan fingerprint density at radius 3 is 2.80 bits per heavy atom. The summed E-state index contributed by atoms with van der Waals surface area (Å²) in [6, 6.07) is 3.33. The molecule has 6 heteroatoms. The van der Waals surface area contributed by atoms with Gasteiger partial charge in [0.2, 0.25) is 0 Å². The van der Waals surface area contributed by atoms with Gasteiger partial charge < -0.3 is 14.6 Å². The van der Waals surface area contributed by atoms with E-state index in [9.17, 15) is 9.90 Å². The van der Waals surface area contributed by atoms with Crippen LogP contribution in [0.4, 0.5) is 0 Å². The number of carbonyl (C=O) groups is 1. The van der Waals surface area contributed by atoms with Crippen LogP contribution in [-0.2, 0) is 10.5 Å². The van der Waals surface area contributed by atoms with Crippen molar-refractivity contribution in [1.29, 1.82) is 0 Å². The molecule has 0 spiro atoms. The van der Waals surface area contributed by atoms with Gasteiger partial charge in [0, 0.05) is 5.75 Å². The lowest BCUT2D eigenvalue weighted by molar-refractivity contribution is -0.154. The van der Waals surface area contributed by atoms with E-state index in [-0.39, 0.29) is 5.75 Å². The molecule has 1 rings (SSSR count). The average Bonchev–Trinajstić information content (AvgIpc) is 2.51. The Hall–Kier alpha value is -0.650. The summed E-state index contributed by atoms with van der Waals surface area (Å²) >= 11 is 6.83. The minimum atomic E-state index is -1.71. The molecule has 0 aliphatic carbocycles. The highest BCUT2D eigenvalue weighted by Crippen LogP contribution is 2.21. The van der Waals surface area contributed by atoms with E-state index in [0.717, 1.165) is 0 Å². The summed E-state index contributed by atoms with van der Waals surface area (Å²) in [4.78, 5) is 10.6. The summed E-state index contributed by atoms with van der Waals surface area (Å²) in [7, 11) is 0. The van der Waals surface area contributed by atoms with Gasteiger partial charge in [-0.15, -0.1) is 0 Å². The number of hydrogen-bond donors (Lipinski definition) is 2. The SMILES string of the molecule is CC(O)(CSCc1ccc(Cl)o1)C(=O)O. The summed E-state index contributed by atoms with van der Waals surface area (Å²) in [6.45, 7) is 1.26. The van der Waals surface area contributed by atoms with Crippen molar-refractivity contribution >= 4 is 29.3 Å². The minimum Gasteiger partial charge on any atom is -0.479 e. The van der Waals surface area contributed by atoms with Gasteiger partial charge in [0.25, 0.3) is 0 Å². The highest BCUT2D eigenvalue weighted by atomic mass is 35.5. The number of rotatable bonds is 5. The molecule has 0 radical (unpaired) electrons. The number of aliphatic carboxylic acids is 1. The number of carboxylic acid groups (broad SMARTS) is 1. The second kappa shape index (κ2) is 4.92. The molecule has 84 valence electrons. The first-order valence-electron chi connectivity index (χ1n) is 4.19. The van der Waals surface area contributed by atoms with Gasteiger partial charge >= 0.3 is 5.97 Å². The lowest BCUT2D eigenvalue weighted by Crippen LogP contribution is -2.37. The fourth-order valence-electron chi connectivity index (χ4n) is 0.841. The zero-order valence-electron chi connectivity index (χ0n) is 8.07. The topological polar surface area (TPSA) is 70.7 Å². The van der Waals surface area contributed by atoms with E-state index in [1.54, 1.807) is 12.1 Å². The summed E-state index contributed by atoms with van der Waals surface area (Å²) in [6.07, 6.45) is 0. The first kappa shape index (κ1) is 12.4. The fraction of sp³-hybridized carbons (Fsp3) is 0.444. The molecule has 0 fully saturated rings. The van der Waals surface area contributed by atoms with Crippen LogP contribution in [0, 0.1) is 0 Å². The highest BCUT2D eigenvalue weighted by molar-refractivity contribution is 7.98. The Labute approximate surface area is 96.2 Å². The van der Waals surface area contributed by atoms with E-state index >= 15 is 0 Å². The normalized spacial score (nSPS) is 14.9. The van der Waals surface area contributed by atoms with Crippen LogP contribution in [-0.4, -0.2) is 27.5 Å². The van der Waals surface area contributed by atoms with E-state index in [2.05, 4.69) is 0 Å². The standard InChI is InChI=1S/C9H11ClO4S/c1-9(13,8(11)12)5-15-4-6-2-3-7(10)14-6/h2-3,13H,4-5H2,1H3,(H,11,12). The first-order chi connectivity index (χ1) is 6.92. The predicted molar refractivity (Wildman–Crippen MR) is 58.1 cm³/mol. The number of aliphatic hydroxyl groups is 1. The molecule has 1 atom stereocenters. The van der Waals surface area contributed by atoms with Crippen molar-refractivity contribution in [1.82, 2.24) is 0 Å². The van der Waals surface area contributed by atoms with Crippen LogP contribution in [0.3, 0.4) is 0 Å². The second-order valence-corrected chi connectivity index (χ2v) is 4.64. The van der Waals surface area contributed by atoms with Gasteiger partial charge in [-0.05, 0) is 30.7 Å². The van der Waals surface area contributed by atoms with Crippen molar-refractivity contribution in [3.63, 3.8) is 0 Å². The Morgan fingerprint density at radius 2 is 2.33 bits per heavy atom. The summed E-state index contributed by atoms with van der Waals surface area (Å²) in [5, 5.41) is 18.3. The lowest BCUT2D eigenvalue weighted by atomic mass is 10.1. The van der Waals surface area contributed by atoms with Crippen LogP contribution >= 0.6 is 23.4 Å². The molecule has 0 saturated heterocycles. The van der Waals surface area contributed by atoms with E-state index in [0.29, 0.717) is 16.7 Å². The van der Waals surface area contributed by atoms with Crippen molar-refractivity contribution in [2.24, 2.45) is 0 Å². The van der Waals surface area contributed by atoms with E-state index < -0.39 is 11.6 Å². The molecule has 1 heterocycles. The summed E-state index contributed by atoms with van der Waals surface area (Å²) in [5.41, 5.74) is -1.71. The third-order valence-corrected chi connectivity index (χ3v) is 3.18. The summed E-state index contributed by atoms with van der Waals surface area (Å²) < 4.78 is 5.07. The second-order valence-electron chi connectivity index (χ2n) is 3.28. The Morgan fingerprint density at radius 1 is 1.67 bits per heavy atom. The lowest BCUT2D eigenvalue weighted by Gasteiger charge is -2.16. The average molecular weight is 251 g/mol. The van der Waals surface area contributed by atoms with Gasteiger partial charge in [-0.1, -0.05) is 0 Å². The molecule has 0 saturated carbocycles. The molecular weight excluding hydrogens is 240 g/mol. The van der Waals surface area contributed by atoms with Gasteiger partial charge in [-0.2, -0.15) is 11.8 Å². The van der Waals surface area contributed by atoms with Crippen LogP contribution in [0.1, 0.15) is 12.7 Å². The highest BCUT2D eigenvalue weighted by Gasteiger charge is 2.29. The van der Waals surface area contributed by atoms with Crippen molar-refractivity contribution in [3.05, 3.63) is 23.1 Å². The maximum absolute atomic E-state index is 10.6. The number of halogens is 1. The van der Waals surface area contributed by atoms with Crippen LogP contribution in [0.5, 0.6) is 0 Å². The van der Waals surface area contributed by atoms with E-state index in [4.69, 9.17) is 21.1 Å². The zero-order valence-corrected chi connectivity index (χ0v) is 9.64. The van der Waals surface area contributed by atoms with Crippen molar-refractivity contribution in [2.75, 3.05) is 5.75 Å². The summed E-state index contributed by atoms with van der Waals surface area (Å²) in [5.74, 6) is 0.00948. The number of carboxylic acids is 1. The number of hydrogen-bond acceptors (Lipinski definition) is 4. The molecule has 1 unspecified atom stereocenters. The Kier molecular flexibility index (Phi) is 4.07. The van der Waals surface area contributed by atoms with Crippen molar-refractivity contribution < 1.29 is 19.4 Å². The van der Waals surface area contributed by atoms with Gasteiger partial charge in [0.1, 0.15) is 5.76 Å². The molecule has 0 aliphatic heterocycles. The smallest absolute Gasteiger partial charge is 0.336 e. The van der Waals surface area contributed by atoms with Gasteiger partial charge in [-0.3, -0.25) is 0 Å². The predicted octanol–water partition coefficient (Wildman–Crippen LogP) is 2.00. The molecule has 0 amide bonds. The molecule has 0 aromatic carbocycles. The minimum absolute atomic E-state index is 0.0979. The first-order valence-corrected chi connectivity index (χ1v) is 5.73. The molecule has 15 heavy (non-hydrogen) atoms. The monoisotopic (exact) mass is 250 g/mol. The van der Waals surface area contributed by atoms with Crippen LogP contribution in [0.15, 0.2) is 16.5 Å². The fourth-order valence-corrected chi connectivity index (χ4v) is 1.98. The molecule has 0 bridgehead atoms. The van der Waals surface area contributed by atoms with Crippen LogP contribution in [0.25, 0.3) is 0 Å². The largest absolute Gasteiger partial charge is 0.479 e. The van der Waals surface area contributed by atoms with Crippen LogP contribution < -0.4 is 0 Å².